The van der Waals surface area contributed by atoms with Crippen molar-refractivity contribution in [3.8, 4) is 5.75 Å². The van der Waals surface area contributed by atoms with Crippen molar-refractivity contribution >= 4 is 33.8 Å². The van der Waals surface area contributed by atoms with E-state index in [1.807, 2.05) is 6.20 Å². The molecule has 0 spiro atoms. The zero-order valence-corrected chi connectivity index (χ0v) is 19.5. The molecule has 34 heavy (non-hydrogen) atoms. The van der Waals surface area contributed by atoms with E-state index in [1.54, 1.807) is 40.8 Å². The summed E-state index contributed by atoms with van der Waals surface area (Å²) in [7, 11) is 3.28. The lowest BCUT2D eigenvalue weighted by Gasteiger charge is -2.34. The van der Waals surface area contributed by atoms with Crippen molar-refractivity contribution in [2.75, 3.05) is 37.0 Å². The fourth-order valence-corrected chi connectivity index (χ4v) is 4.73. The van der Waals surface area contributed by atoms with Crippen LogP contribution in [0.4, 0.5) is 15.8 Å². The van der Waals surface area contributed by atoms with Gasteiger partial charge in [-0.05, 0) is 25.5 Å². The van der Waals surface area contributed by atoms with Gasteiger partial charge in [0.25, 0.3) is 5.91 Å². The maximum atomic E-state index is 15.5. The standard InChI is InChI=1S/C24H28FN7O2/c1-4-26-15-5-8-31(9-6-15)19-11-17(25)22(23-16(19)13-30(2)29-23)24(33)28-18-14-32-10-7-27-21(32)12-20(18)34-3/h7,10-15,26H,4-6,8-9H2,1-3H3,(H,28,33). The molecule has 1 aliphatic heterocycles. The summed E-state index contributed by atoms with van der Waals surface area (Å²) in [4.78, 5) is 19.7. The Balaban J connectivity index is 1.49. The summed E-state index contributed by atoms with van der Waals surface area (Å²) in [5.41, 5.74) is 2.11. The molecule has 0 unspecified atom stereocenters. The van der Waals surface area contributed by atoms with Crippen molar-refractivity contribution in [2.45, 2.75) is 25.8 Å². The Hall–Kier alpha value is -3.66. The lowest BCUT2D eigenvalue weighted by atomic mass is 10.0. The Kier molecular flexibility index (Phi) is 5.82. The first kappa shape index (κ1) is 22.1. The van der Waals surface area contributed by atoms with E-state index >= 15 is 4.39 Å². The fourth-order valence-electron chi connectivity index (χ4n) is 4.73. The van der Waals surface area contributed by atoms with Crippen LogP contribution in [0.3, 0.4) is 0 Å². The molecular weight excluding hydrogens is 437 g/mol. The van der Waals surface area contributed by atoms with E-state index in [2.05, 4.69) is 32.5 Å². The van der Waals surface area contributed by atoms with Crippen LogP contribution < -0.4 is 20.3 Å². The van der Waals surface area contributed by atoms with Crippen molar-refractivity contribution in [3.05, 3.63) is 48.3 Å². The first-order chi connectivity index (χ1) is 16.5. The highest BCUT2D eigenvalue weighted by molar-refractivity contribution is 6.14. The Morgan fingerprint density at radius 2 is 2.06 bits per heavy atom. The number of nitrogens with one attached hydrogen (secondary N) is 2. The van der Waals surface area contributed by atoms with Crippen molar-refractivity contribution in [1.29, 1.82) is 0 Å². The largest absolute Gasteiger partial charge is 0.494 e. The third-order valence-corrected chi connectivity index (χ3v) is 6.36. The van der Waals surface area contributed by atoms with E-state index in [0.29, 0.717) is 28.6 Å². The molecule has 5 rings (SSSR count). The fraction of sp³-hybridized carbons (Fsp3) is 0.375. The number of halogens is 1. The zero-order valence-electron chi connectivity index (χ0n) is 19.5. The van der Waals surface area contributed by atoms with Crippen LogP contribution >= 0.6 is 0 Å². The highest BCUT2D eigenvalue weighted by atomic mass is 19.1. The topological polar surface area (TPSA) is 88.7 Å². The van der Waals surface area contributed by atoms with Gasteiger partial charge < -0.3 is 24.7 Å². The minimum absolute atomic E-state index is 0.0883. The molecule has 1 saturated heterocycles. The number of amides is 1. The van der Waals surface area contributed by atoms with Gasteiger partial charge in [0.15, 0.2) is 0 Å². The number of carbonyl (C=O) groups is 1. The highest BCUT2D eigenvalue weighted by Crippen LogP contribution is 2.34. The van der Waals surface area contributed by atoms with Crippen molar-refractivity contribution < 1.29 is 13.9 Å². The van der Waals surface area contributed by atoms with E-state index in [0.717, 1.165) is 43.5 Å². The van der Waals surface area contributed by atoms with Crippen LogP contribution in [-0.4, -0.2) is 57.9 Å². The Bertz CT molecular complexity index is 1350. The number of fused-ring (bicyclic) bond motifs is 2. The number of piperidine rings is 1. The third kappa shape index (κ3) is 3.94. The van der Waals surface area contributed by atoms with Crippen LogP contribution in [0.25, 0.3) is 16.6 Å². The molecule has 0 bridgehead atoms. The van der Waals surface area contributed by atoms with Gasteiger partial charge in [-0.1, -0.05) is 6.92 Å². The second kappa shape index (κ2) is 8.94. The summed E-state index contributed by atoms with van der Waals surface area (Å²) in [5.74, 6) is -0.753. The van der Waals surface area contributed by atoms with Crippen LogP contribution in [0.5, 0.6) is 5.75 Å². The molecule has 0 atom stereocenters. The molecule has 1 fully saturated rings. The van der Waals surface area contributed by atoms with Gasteiger partial charge >= 0.3 is 0 Å². The van der Waals surface area contributed by atoms with Crippen LogP contribution in [0.1, 0.15) is 30.1 Å². The normalized spacial score (nSPS) is 14.8. The van der Waals surface area contributed by atoms with Gasteiger partial charge in [-0.2, -0.15) is 5.10 Å². The Morgan fingerprint density at radius 3 is 2.79 bits per heavy atom. The summed E-state index contributed by atoms with van der Waals surface area (Å²) < 4.78 is 24.3. The molecule has 0 aliphatic carbocycles. The molecule has 9 nitrogen and oxygen atoms in total. The number of ether oxygens (including phenoxy) is 1. The molecule has 4 heterocycles. The molecule has 2 N–H and O–H groups in total. The maximum Gasteiger partial charge on any atom is 0.261 e. The van der Waals surface area contributed by atoms with Crippen molar-refractivity contribution in [3.63, 3.8) is 0 Å². The smallest absolute Gasteiger partial charge is 0.261 e. The van der Waals surface area contributed by atoms with Gasteiger partial charge in [-0.3, -0.25) is 9.48 Å². The molecule has 1 amide bonds. The minimum atomic E-state index is -0.602. The number of pyridine rings is 1. The van der Waals surface area contributed by atoms with Gasteiger partial charge in [0.1, 0.15) is 34.0 Å². The first-order valence-electron chi connectivity index (χ1n) is 11.4. The van der Waals surface area contributed by atoms with E-state index in [9.17, 15) is 4.79 Å². The monoisotopic (exact) mass is 465 g/mol. The molecular formula is C24H28FN7O2. The van der Waals surface area contributed by atoms with Gasteiger partial charge in [0.05, 0.1) is 12.8 Å². The number of nitrogens with zero attached hydrogens (tertiary/aromatic N) is 5. The van der Waals surface area contributed by atoms with Crippen LogP contribution in [-0.2, 0) is 7.05 Å². The van der Waals surface area contributed by atoms with Crippen LogP contribution in [0, 0.1) is 5.82 Å². The SMILES string of the molecule is CCNC1CCN(c2cc(F)c(C(=O)Nc3cn4ccnc4cc3OC)c3nn(C)cc23)CC1. The maximum absolute atomic E-state index is 15.5. The van der Waals surface area contributed by atoms with Gasteiger partial charge in [0, 0.05) is 62.4 Å². The molecule has 0 saturated carbocycles. The highest BCUT2D eigenvalue weighted by Gasteiger charge is 2.26. The number of hydrogen-bond donors (Lipinski definition) is 2. The molecule has 178 valence electrons. The molecule has 1 aliphatic rings. The number of benzene rings is 1. The Morgan fingerprint density at radius 1 is 1.26 bits per heavy atom. The molecule has 0 radical (unpaired) electrons. The van der Waals surface area contributed by atoms with Crippen LogP contribution in [0.15, 0.2) is 36.9 Å². The number of imidazole rings is 1. The first-order valence-corrected chi connectivity index (χ1v) is 11.4. The third-order valence-electron chi connectivity index (χ3n) is 6.36. The number of anilines is 2. The van der Waals surface area contributed by atoms with Crippen LogP contribution in [0.2, 0.25) is 0 Å². The van der Waals surface area contributed by atoms with Crippen molar-refractivity contribution in [2.24, 2.45) is 7.05 Å². The van der Waals surface area contributed by atoms with Crippen molar-refractivity contribution in [1.82, 2.24) is 24.5 Å². The molecule has 4 aromatic rings. The molecule has 10 heteroatoms. The number of carbonyl (C=O) groups excluding carboxylic acids is 1. The number of rotatable bonds is 6. The lowest BCUT2D eigenvalue weighted by Crippen LogP contribution is -2.42. The predicted octanol–water partition coefficient (Wildman–Crippen LogP) is 3.20. The van der Waals surface area contributed by atoms with E-state index in [1.165, 1.54) is 13.2 Å². The summed E-state index contributed by atoms with van der Waals surface area (Å²) in [6, 6.07) is 3.65. The number of aromatic nitrogens is 4. The molecule has 3 aromatic heterocycles. The lowest BCUT2D eigenvalue weighted by molar-refractivity contribution is 0.102. The summed E-state index contributed by atoms with van der Waals surface area (Å²) >= 11 is 0. The van der Waals surface area contributed by atoms with Gasteiger partial charge in [-0.15, -0.1) is 0 Å². The van der Waals surface area contributed by atoms with E-state index in [4.69, 9.17) is 4.74 Å². The second-order valence-corrected chi connectivity index (χ2v) is 8.54. The number of methoxy groups -OCH3 is 1. The number of aryl methyl sites for hydroxylation is 1. The van der Waals surface area contributed by atoms with Gasteiger partial charge in [-0.25, -0.2) is 9.37 Å². The quantitative estimate of drug-likeness (QED) is 0.455. The minimum Gasteiger partial charge on any atom is -0.494 e. The predicted molar refractivity (Wildman–Crippen MR) is 129 cm³/mol. The summed E-state index contributed by atoms with van der Waals surface area (Å²) in [5, 5.41) is 11.5. The van der Waals surface area contributed by atoms with E-state index in [-0.39, 0.29) is 5.56 Å². The second-order valence-electron chi connectivity index (χ2n) is 8.54. The summed E-state index contributed by atoms with van der Waals surface area (Å²) in [6.07, 6.45) is 8.91. The zero-order chi connectivity index (χ0) is 23.8. The Labute approximate surface area is 196 Å². The molecule has 1 aromatic carbocycles. The summed E-state index contributed by atoms with van der Waals surface area (Å²) in [6.45, 7) is 4.67. The average Bonchev–Trinajstić information content (AvgIpc) is 3.44. The van der Waals surface area contributed by atoms with E-state index < -0.39 is 11.7 Å². The number of hydrogen-bond acceptors (Lipinski definition) is 6. The average molecular weight is 466 g/mol. The van der Waals surface area contributed by atoms with Gasteiger partial charge in [0.2, 0.25) is 0 Å².